The number of nitrogens with zero attached hydrogens (tertiary/aromatic N) is 2. The van der Waals surface area contributed by atoms with Gasteiger partial charge in [0.25, 0.3) is 0 Å². The third kappa shape index (κ3) is 4.02. The summed E-state index contributed by atoms with van der Waals surface area (Å²) in [6.45, 7) is 10.3. The van der Waals surface area contributed by atoms with E-state index in [1.54, 1.807) is 7.11 Å². The SMILES string of the molecule is C#CCn1cc(C2C3=C(CC(C)(C)CC3=O)N(CCOC)C3=C2C(=O)CC(C)(C)C3)c2ccccc21. The minimum absolute atomic E-state index is 0.143. The largest absolute Gasteiger partial charge is 0.383 e. The number of ketones is 2. The Morgan fingerprint density at radius 1 is 0.972 bits per heavy atom. The van der Waals surface area contributed by atoms with Gasteiger partial charge < -0.3 is 14.2 Å². The molecule has 1 aliphatic heterocycles. The van der Waals surface area contributed by atoms with Crippen LogP contribution < -0.4 is 0 Å². The molecule has 36 heavy (non-hydrogen) atoms. The fourth-order valence-electron chi connectivity index (χ4n) is 6.55. The number of carbonyl (C=O) groups is 2. The summed E-state index contributed by atoms with van der Waals surface area (Å²) >= 11 is 0. The van der Waals surface area contributed by atoms with Crippen LogP contribution in [-0.2, 0) is 20.9 Å². The normalized spacial score (nSPS) is 21.6. The first kappa shape index (κ1) is 24.6. The predicted octanol–water partition coefficient (Wildman–Crippen LogP) is 5.61. The Bertz CT molecular complexity index is 1310. The van der Waals surface area contributed by atoms with Gasteiger partial charge in [0.1, 0.15) is 0 Å². The number of carbonyl (C=O) groups excluding carboxylic acids is 2. The summed E-state index contributed by atoms with van der Waals surface area (Å²) in [4.78, 5) is 30.1. The number of aromatic nitrogens is 1. The number of benzene rings is 1. The molecule has 0 radical (unpaired) electrons. The Balaban J connectivity index is 1.82. The molecular formula is C31H36N2O3. The molecule has 0 spiro atoms. The Kier molecular flexibility index (Phi) is 6.00. The van der Waals surface area contributed by atoms with Gasteiger partial charge in [-0.05, 0) is 35.3 Å². The van der Waals surface area contributed by atoms with Crippen LogP contribution in [0.25, 0.3) is 10.9 Å². The molecule has 3 aliphatic rings. The summed E-state index contributed by atoms with van der Waals surface area (Å²) < 4.78 is 7.55. The zero-order valence-electron chi connectivity index (χ0n) is 22.1. The zero-order valence-corrected chi connectivity index (χ0v) is 22.1. The highest BCUT2D eigenvalue weighted by molar-refractivity contribution is 6.08. The molecule has 2 heterocycles. The standard InChI is InChI=1S/C31H36N2O3/c1-7-12-32-19-21(20-10-8-9-11-22(20)32)27-28-23(15-30(2,3)17-25(28)34)33(13-14-36-6)24-16-31(4,5)18-26(35)29(24)27/h1,8-11,19,27H,12-18H2,2-6H3. The van der Waals surface area contributed by atoms with Crippen LogP contribution in [-0.4, -0.2) is 41.3 Å². The number of para-hydroxylation sites is 1. The monoisotopic (exact) mass is 484 g/mol. The van der Waals surface area contributed by atoms with Gasteiger partial charge in [-0.25, -0.2) is 0 Å². The average molecular weight is 485 g/mol. The van der Waals surface area contributed by atoms with E-state index in [-0.39, 0.29) is 28.3 Å². The Morgan fingerprint density at radius 2 is 1.56 bits per heavy atom. The number of allylic oxidation sites excluding steroid dienone is 4. The van der Waals surface area contributed by atoms with E-state index in [0.29, 0.717) is 32.5 Å². The smallest absolute Gasteiger partial charge is 0.162 e. The van der Waals surface area contributed by atoms with Crippen molar-refractivity contribution in [1.29, 1.82) is 0 Å². The number of methoxy groups -OCH3 is 1. The van der Waals surface area contributed by atoms with Crippen LogP contribution >= 0.6 is 0 Å². The van der Waals surface area contributed by atoms with E-state index in [9.17, 15) is 9.59 Å². The molecule has 1 aromatic carbocycles. The first-order chi connectivity index (χ1) is 17.1. The van der Waals surface area contributed by atoms with Crippen molar-refractivity contribution >= 4 is 22.5 Å². The van der Waals surface area contributed by atoms with Gasteiger partial charge in [0.15, 0.2) is 11.6 Å². The van der Waals surface area contributed by atoms with Crippen molar-refractivity contribution in [1.82, 2.24) is 9.47 Å². The summed E-state index contributed by atoms with van der Waals surface area (Å²) in [6, 6.07) is 8.17. The second-order valence-electron chi connectivity index (χ2n) is 12.1. The molecule has 2 aromatic rings. The first-order valence-electron chi connectivity index (χ1n) is 12.9. The van der Waals surface area contributed by atoms with Crippen molar-refractivity contribution < 1.29 is 14.3 Å². The molecule has 0 N–H and O–H groups in total. The molecule has 0 saturated heterocycles. The summed E-state index contributed by atoms with van der Waals surface area (Å²) in [5.74, 6) is 2.68. The van der Waals surface area contributed by atoms with E-state index >= 15 is 0 Å². The second kappa shape index (κ2) is 8.78. The molecule has 5 nitrogen and oxygen atoms in total. The number of fused-ring (bicyclic) bond motifs is 1. The maximum atomic E-state index is 13.9. The number of ether oxygens (including phenoxy) is 1. The molecule has 0 unspecified atom stereocenters. The van der Waals surface area contributed by atoms with Crippen LogP contribution in [0.2, 0.25) is 0 Å². The number of rotatable bonds is 5. The lowest BCUT2D eigenvalue weighted by molar-refractivity contribution is -0.119. The quantitative estimate of drug-likeness (QED) is 0.518. The van der Waals surface area contributed by atoms with Crippen molar-refractivity contribution in [3.05, 3.63) is 58.6 Å². The van der Waals surface area contributed by atoms with Gasteiger partial charge in [-0.3, -0.25) is 9.59 Å². The van der Waals surface area contributed by atoms with Crippen LogP contribution in [0.15, 0.2) is 53.0 Å². The van der Waals surface area contributed by atoms with E-state index in [4.69, 9.17) is 11.2 Å². The Labute approximate surface area is 214 Å². The molecule has 0 fully saturated rings. The molecule has 0 amide bonds. The van der Waals surface area contributed by atoms with Crippen LogP contribution in [0.1, 0.15) is 64.9 Å². The number of hydrogen-bond acceptors (Lipinski definition) is 4. The molecule has 5 rings (SSSR count). The highest BCUT2D eigenvalue weighted by atomic mass is 16.5. The topological polar surface area (TPSA) is 51.5 Å². The van der Waals surface area contributed by atoms with Crippen molar-refractivity contribution in [2.75, 3.05) is 20.3 Å². The van der Waals surface area contributed by atoms with Crippen molar-refractivity contribution in [2.24, 2.45) is 10.8 Å². The van der Waals surface area contributed by atoms with Gasteiger partial charge in [-0.1, -0.05) is 51.8 Å². The number of hydrogen-bond donors (Lipinski definition) is 0. The molecule has 0 bridgehead atoms. The van der Waals surface area contributed by atoms with Crippen LogP contribution in [0.4, 0.5) is 0 Å². The zero-order chi connectivity index (χ0) is 25.8. The maximum absolute atomic E-state index is 13.9. The van der Waals surface area contributed by atoms with E-state index in [2.05, 4.69) is 61.4 Å². The van der Waals surface area contributed by atoms with Crippen LogP contribution in [0, 0.1) is 23.2 Å². The van der Waals surface area contributed by atoms with Crippen molar-refractivity contribution in [2.45, 2.75) is 65.8 Å². The third-order valence-corrected chi connectivity index (χ3v) is 7.93. The summed E-state index contributed by atoms with van der Waals surface area (Å²) in [7, 11) is 1.70. The highest BCUT2D eigenvalue weighted by Gasteiger charge is 2.49. The third-order valence-electron chi connectivity index (χ3n) is 7.93. The van der Waals surface area contributed by atoms with E-state index < -0.39 is 0 Å². The van der Waals surface area contributed by atoms with Gasteiger partial charge in [0.05, 0.1) is 13.2 Å². The van der Waals surface area contributed by atoms with Crippen molar-refractivity contribution in [3.63, 3.8) is 0 Å². The summed E-state index contributed by atoms with van der Waals surface area (Å²) in [5.41, 5.74) is 5.47. The average Bonchev–Trinajstić information content (AvgIpc) is 3.14. The summed E-state index contributed by atoms with van der Waals surface area (Å²) in [5, 5.41) is 1.05. The van der Waals surface area contributed by atoms with Crippen LogP contribution in [0.5, 0.6) is 0 Å². The minimum atomic E-state index is -0.370. The van der Waals surface area contributed by atoms with Gasteiger partial charge >= 0.3 is 0 Å². The summed E-state index contributed by atoms with van der Waals surface area (Å²) in [6.07, 6.45) is 10.3. The first-order valence-corrected chi connectivity index (χ1v) is 12.9. The molecule has 1 aromatic heterocycles. The van der Waals surface area contributed by atoms with Gasteiger partial charge in [0, 0.05) is 72.1 Å². The molecule has 5 heteroatoms. The fraction of sp³-hybridized carbons (Fsp3) is 0.484. The van der Waals surface area contributed by atoms with E-state index in [1.807, 2.05) is 12.1 Å². The fourth-order valence-corrected chi connectivity index (χ4v) is 6.55. The van der Waals surface area contributed by atoms with Gasteiger partial charge in [-0.2, -0.15) is 0 Å². The van der Waals surface area contributed by atoms with Gasteiger partial charge in [0.2, 0.25) is 0 Å². The number of terminal acetylenes is 1. The minimum Gasteiger partial charge on any atom is -0.383 e. The second-order valence-corrected chi connectivity index (χ2v) is 12.1. The van der Waals surface area contributed by atoms with Crippen molar-refractivity contribution in [3.8, 4) is 12.3 Å². The lowest BCUT2D eigenvalue weighted by atomic mass is 9.63. The van der Waals surface area contributed by atoms with E-state index in [0.717, 1.165) is 51.8 Å². The maximum Gasteiger partial charge on any atom is 0.162 e. The van der Waals surface area contributed by atoms with Gasteiger partial charge in [-0.15, -0.1) is 6.42 Å². The Hall–Kier alpha value is -3.10. The molecule has 188 valence electrons. The lowest BCUT2D eigenvalue weighted by Gasteiger charge is -2.49. The molecule has 0 atom stereocenters. The number of Topliss-reactive ketones (excluding diaryl/α,β-unsaturated/α-hetero) is 2. The highest BCUT2D eigenvalue weighted by Crippen LogP contribution is 2.55. The molecular weight excluding hydrogens is 448 g/mol. The van der Waals surface area contributed by atoms with E-state index in [1.165, 1.54) is 0 Å². The predicted molar refractivity (Wildman–Crippen MR) is 142 cm³/mol. The lowest BCUT2D eigenvalue weighted by Crippen LogP contribution is -2.45. The Morgan fingerprint density at radius 3 is 2.11 bits per heavy atom. The molecule has 2 aliphatic carbocycles. The molecule has 0 saturated carbocycles. The van der Waals surface area contributed by atoms with Crippen LogP contribution in [0.3, 0.4) is 0 Å².